The monoisotopic (exact) mass is 224 g/mol. The smallest absolute Gasteiger partial charge is 0.160 e. The summed E-state index contributed by atoms with van der Waals surface area (Å²) in [6, 6.07) is 1.83. The highest BCUT2D eigenvalue weighted by Gasteiger charge is 2.09. The first-order chi connectivity index (χ1) is 7.26. The van der Waals surface area contributed by atoms with Gasteiger partial charge >= 0.3 is 0 Å². The molecule has 0 amide bonds. The summed E-state index contributed by atoms with van der Waals surface area (Å²) in [6.45, 7) is 3.40. The van der Waals surface area contributed by atoms with Crippen LogP contribution in [0, 0.1) is 0 Å². The fraction of sp³-hybridized carbons (Fsp3) is 0.400. The predicted molar refractivity (Wildman–Crippen MR) is 61.0 cm³/mol. The van der Waals surface area contributed by atoms with Crippen LogP contribution in [0.25, 0.3) is 11.2 Å². The van der Waals surface area contributed by atoms with Crippen LogP contribution in [0.1, 0.15) is 12.7 Å². The summed E-state index contributed by atoms with van der Waals surface area (Å²) in [5.74, 6) is 1.00. The quantitative estimate of drug-likeness (QED) is 0.862. The number of aromatic nitrogens is 3. The van der Waals surface area contributed by atoms with Gasteiger partial charge < -0.3 is 10.3 Å². The summed E-state index contributed by atoms with van der Waals surface area (Å²) < 4.78 is 2.05. The van der Waals surface area contributed by atoms with Crippen molar-refractivity contribution in [2.45, 2.75) is 19.9 Å². The Balaban J connectivity index is 2.63. The van der Waals surface area contributed by atoms with E-state index in [2.05, 4.69) is 16.9 Å². The number of pyridine rings is 1. The van der Waals surface area contributed by atoms with Crippen LogP contribution in [-0.4, -0.2) is 21.1 Å². The van der Waals surface area contributed by atoms with Gasteiger partial charge in [-0.1, -0.05) is 18.5 Å². The second kappa shape index (κ2) is 4.16. The maximum atomic E-state index is 5.86. The molecule has 0 atom stereocenters. The average Bonchev–Trinajstić information content (AvgIpc) is 2.56. The minimum absolute atomic E-state index is 0.586. The molecule has 2 aromatic rings. The number of aryl methyl sites for hydroxylation is 1. The first-order valence-corrected chi connectivity index (χ1v) is 5.34. The zero-order chi connectivity index (χ0) is 10.8. The van der Waals surface area contributed by atoms with Gasteiger partial charge in [-0.15, -0.1) is 0 Å². The zero-order valence-corrected chi connectivity index (χ0v) is 9.33. The van der Waals surface area contributed by atoms with Crippen LogP contribution in [0.5, 0.6) is 0 Å². The predicted octanol–water partition coefficient (Wildman–Crippen LogP) is 1.61. The summed E-state index contributed by atoms with van der Waals surface area (Å²) in [5, 5.41) is 0.613. The van der Waals surface area contributed by atoms with Crippen molar-refractivity contribution in [2.75, 3.05) is 6.54 Å². The summed E-state index contributed by atoms with van der Waals surface area (Å²) >= 11 is 5.86. The lowest BCUT2D eigenvalue weighted by atomic mass is 10.4. The number of hydrogen-bond donors (Lipinski definition) is 1. The van der Waals surface area contributed by atoms with E-state index in [4.69, 9.17) is 17.3 Å². The molecule has 15 heavy (non-hydrogen) atoms. The van der Waals surface area contributed by atoms with Crippen molar-refractivity contribution < 1.29 is 0 Å². The highest BCUT2D eigenvalue weighted by molar-refractivity contribution is 6.31. The molecule has 0 saturated heterocycles. The van der Waals surface area contributed by atoms with Crippen molar-refractivity contribution in [2.24, 2.45) is 5.73 Å². The third-order valence-corrected chi connectivity index (χ3v) is 2.51. The van der Waals surface area contributed by atoms with E-state index >= 15 is 0 Å². The van der Waals surface area contributed by atoms with Gasteiger partial charge in [0, 0.05) is 25.7 Å². The molecule has 0 fully saturated rings. The largest absolute Gasteiger partial charge is 0.329 e. The summed E-state index contributed by atoms with van der Waals surface area (Å²) in [7, 11) is 0. The Hall–Kier alpha value is -1.13. The minimum Gasteiger partial charge on any atom is -0.329 e. The van der Waals surface area contributed by atoms with Crippen LogP contribution in [0.2, 0.25) is 5.02 Å². The molecule has 4 nitrogen and oxygen atoms in total. The molecule has 0 saturated carbocycles. The van der Waals surface area contributed by atoms with Crippen LogP contribution >= 0.6 is 11.6 Å². The highest BCUT2D eigenvalue weighted by atomic mass is 35.5. The first-order valence-electron chi connectivity index (χ1n) is 4.97. The van der Waals surface area contributed by atoms with E-state index in [1.807, 2.05) is 10.6 Å². The van der Waals surface area contributed by atoms with Crippen molar-refractivity contribution in [3.05, 3.63) is 23.1 Å². The lowest BCUT2D eigenvalue weighted by Gasteiger charge is -2.04. The summed E-state index contributed by atoms with van der Waals surface area (Å²) in [5.41, 5.74) is 7.27. The van der Waals surface area contributed by atoms with Crippen molar-refractivity contribution in [3.63, 3.8) is 0 Å². The number of hydrogen-bond acceptors (Lipinski definition) is 3. The van der Waals surface area contributed by atoms with Crippen LogP contribution in [0.3, 0.4) is 0 Å². The lowest BCUT2D eigenvalue weighted by molar-refractivity contribution is 0.679. The molecule has 2 heterocycles. The Bertz CT molecular complexity index is 477. The molecule has 2 aromatic heterocycles. The third-order valence-electron chi connectivity index (χ3n) is 2.30. The highest BCUT2D eigenvalue weighted by Crippen LogP contribution is 2.18. The molecule has 2 N–H and O–H groups in total. The number of imidazole rings is 1. The second-order valence-corrected chi connectivity index (χ2v) is 3.75. The molecular weight excluding hydrogens is 212 g/mol. The van der Waals surface area contributed by atoms with Gasteiger partial charge in [0.05, 0.1) is 5.02 Å². The number of nitrogens with two attached hydrogens (primary N) is 1. The SMILES string of the molecule is CCc1nc2cc(Cl)cnc2n1CCN. The van der Waals surface area contributed by atoms with Gasteiger partial charge in [0.2, 0.25) is 0 Å². The van der Waals surface area contributed by atoms with Gasteiger partial charge in [-0.25, -0.2) is 9.97 Å². The molecule has 0 aliphatic rings. The van der Waals surface area contributed by atoms with E-state index in [0.717, 1.165) is 30.0 Å². The molecule has 2 rings (SSSR count). The summed E-state index contributed by atoms with van der Waals surface area (Å²) in [6.07, 6.45) is 2.51. The fourth-order valence-corrected chi connectivity index (χ4v) is 1.82. The van der Waals surface area contributed by atoms with Crippen molar-refractivity contribution in [1.29, 1.82) is 0 Å². The lowest BCUT2D eigenvalue weighted by Crippen LogP contribution is -2.12. The molecule has 0 aliphatic heterocycles. The number of fused-ring (bicyclic) bond motifs is 1. The van der Waals surface area contributed by atoms with E-state index < -0.39 is 0 Å². The van der Waals surface area contributed by atoms with Gasteiger partial charge in [-0.2, -0.15) is 0 Å². The minimum atomic E-state index is 0.586. The maximum Gasteiger partial charge on any atom is 0.160 e. The molecule has 0 spiro atoms. The molecule has 0 radical (unpaired) electrons. The Labute approximate surface area is 93.1 Å². The van der Waals surface area contributed by atoms with E-state index in [1.54, 1.807) is 6.20 Å². The second-order valence-electron chi connectivity index (χ2n) is 3.32. The van der Waals surface area contributed by atoms with Gasteiger partial charge in [0.15, 0.2) is 5.65 Å². The van der Waals surface area contributed by atoms with E-state index in [9.17, 15) is 0 Å². The van der Waals surface area contributed by atoms with Crippen molar-refractivity contribution in [1.82, 2.24) is 14.5 Å². The summed E-state index contributed by atoms with van der Waals surface area (Å²) in [4.78, 5) is 8.75. The Morgan fingerprint density at radius 1 is 1.53 bits per heavy atom. The van der Waals surface area contributed by atoms with Crippen LogP contribution < -0.4 is 5.73 Å². The van der Waals surface area contributed by atoms with Crippen LogP contribution in [0.15, 0.2) is 12.3 Å². The number of nitrogens with zero attached hydrogens (tertiary/aromatic N) is 3. The first kappa shape index (κ1) is 10.4. The van der Waals surface area contributed by atoms with Crippen molar-refractivity contribution >= 4 is 22.8 Å². The van der Waals surface area contributed by atoms with Crippen LogP contribution in [-0.2, 0) is 13.0 Å². The average molecular weight is 225 g/mol. The Kier molecular flexibility index (Phi) is 2.88. The van der Waals surface area contributed by atoms with Gasteiger partial charge in [0.25, 0.3) is 0 Å². The maximum absolute atomic E-state index is 5.86. The topological polar surface area (TPSA) is 56.7 Å². The Morgan fingerprint density at radius 3 is 3.00 bits per heavy atom. The van der Waals surface area contributed by atoms with E-state index in [-0.39, 0.29) is 0 Å². The molecule has 0 bridgehead atoms. The molecule has 0 aromatic carbocycles. The number of rotatable bonds is 3. The molecule has 0 aliphatic carbocycles. The molecular formula is C10H13ClN4. The van der Waals surface area contributed by atoms with Crippen molar-refractivity contribution in [3.8, 4) is 0 Å². The molecule has 0 unspecified atom stereocenters. The van der Waals surface area contributed by atoms with Gasteiger partial charge in [0.1, 0.15) is 11.3 Å². The van der Waals surface area contributed by atoms with E-state index in [1.165, 1.54) is 0 Å². The van der Waals surface area contributed by atoms with Gasteiger partial charge in [-0.3, -0.25) is 0 Å². The Morgan fingerprint density at radius 2 is 2.33 bits per heavy atom. The standard InChI is InChI=1S/C10H13ClN4/c1-2-9-14-8-5-7(11)6-13-10(8)15(9)4-3-12/h5-6H,2-4,12H2,1H3. The van der Waals surface area contributed by atoms with Gasteiger partial charge in [-0.05, 0) is 6.07 Å². The van der Waals surface area contributed by atoms with E-state index in [0.29, 0.717) is 11.6 Å². The zero-order valence-electron chi connectivity index (χ0n) is 8.57. The molecule has 5 heteroatoms. The number of halogens is 1. The normalized spacial score (nSPS) is 11.1. The third kappa shape index (κ3) is 1.82. The molecule has 80 valence electrons. The van der Waals surface area contributed by atoms with Crippen LogP contribution in [0.4, 0.5) is 0 Å². The fourth-order valence-electron chi connectivity index (χ4n) is 1.67.